The summed E-state index contributed by atoms with van der Waals surface area (Å²) >= 11 is 0. The summed E-state index contributed by atoms with van der Waals surface area (Å²) in [7, 11) is 0. The van der Waals surface area contributed by atoms with E-state index in [4.69, 9.17) is 0 Å². The van der Waals surface area contributed by atoms with E-state index in [2.05, 4.69) is 0 Å². The van der Waals surface area contributed by atoms with Gasteiger partial charge < -0.3 is 9.90 Å². The van der Waals surface area contributed by atoms with Crippen LogP contribution in [-0.4, -0.2) is 28.7 Å². The number of benzene rings is 1. The molecule has 0 aliphatic carbocycles. The first-order valence-corrected chi connectivity index (χ1v) is 5.18. The molecule has 1 aliphatic heterocycles. The van der Waals surface area contributed by atoms with Crippen LogP contribution in [0.2, 0.25) is 0 Å². The summed E-state index contributed by atoms with van der Waals surface area (Å²) in [5, 5.41) is 10.7. The number of hydrogen-bond donors (Lipinski definition) is 1. The zero-order valence-corrected chi connectivity index (χ0v) is 9.45. The number of carboxylic acid groups (broad SMARTS) is 1. The van der Waals surface area contributed by atoms with E-state index in [0.29, 0.717) is 17.2 Å². The Balaban J connectivity index is 2.17. The number of hydrazine groups is 1. The average molecular weight is 259 g/mol. The summed E-state index contributed by atoms with van der Waals surface area (Å²) < 4.78 is 0. The van der Waals surface area contributed by atoms with E-state index in [-0.39, 0.29) is 11.1 Å². The zero-order valence-electron chi connectivity index (χ0n) is 9.45. The number of imide groups is 1. The highest BCUT2D eigenvalue weighted by atomic mass is 16.4. The Bertz CT molecular complexity index is 585. The van der Waals surface area contributed by atoms with Crippen LogP contribution in [0.3, 0.4) is 0 Å². The molecule has 1 aromatic carbocycles. The average Bonchev–Trinajstić information content (AvgIpc) is 2.62. The second kappa shape index (κ2) is 4.73. The van der Waals surface area contributed by atoms with Crippen LogP contribution in [0.5, 0.6) is 0 Å². The quantitative estimate of drug-likeness (QED) is 0.532. The monoisotopic (exact) mass is 259 g/mol. The number of carboxylic acids is 1. The SMILES string of the molecule is O=C([O-])/C=C/C(=O)NN1C(=O)c2ccccc2C1=O. The second-order valence-corrected chi connectivity index (χ2v) is 3.62. The van der Waals surface area contributed by atoms with Crippen molar-refractivity contribution < 1.29 is 24.3 Å². The molecule has 0 fully saturated rings. The van der Waals surface area contributed by atoms with Crippen molar-refractivity contribution in [1.29, 1.82) is 0 Å². The number of carbonyl (C=O) groups excluding carboxylic acids is 4. The molecule has 1 heterocycles. The van der Waals surface area contributed by atoms with Crippen molar-refractivity contribution in [1.82, 2.24) is 10.4 Å². The van der Waals surface area contributed by atoms with E-state index >= 15 is 0 Å². The van der Waals surface area contributed by atoms with Crippen LogP contribution in [0.4, 0.5) is 0 Å². The third-order valence-electron chi connectivity index (χ3n) is 2.39. The fraction of sp³-hybridized carbons (Fsp3) is 0. The molecule has 3 amide bonds. The summed E-state index contributed by atoms with van der Waals surface area (Å²) in [6, 6.07) is 6.09. The van der Waals surface area contributed by atoms with Gasteiger partial charge in [0.1, 0.15) is 0 Å². The Morgan fingerprint density at radius 3 is 2.05 bits per heavy atom. The van der Waals surface area contributed by atoms with Crippen LogP contribution in [0.15, 0.2) is 36.4 Å². The lowest BCUT2D eigenvalue weighted by Gasteiger charge is -2.13. The van der Waals surface area contributed by atoms with Crippen molar-refractivity contribution >= 4 is 23.7 Å². The number of aliphatic carboxylic acids is 1. The van der Waals surface area contributed by atoms with Gasteiger partial charge in [0.15, 0.2) is 0 Å². The summed E-state index contributed by atoms with van der Waals surface area (Å²) in [5.74, 6) is -3.82. The Labute approximate surface area is 107 Å². The summed E-state index contributed by atoms with van der Waals surface area (Å²) in [5.41, 5.74) is 2.35. The predicted molar refractivity (Wildman–Crippen MR) is 59.2 cm³/mol. The number of rotatable bonds is 3. The molecule has 7 heteroatoms. The molecule has 0 radical (unpaired) electrons. The van der Waals surface area contributed by atoms with Gasteiger partial charge in [-0.2, -0.15) is 5.01 Å². The standard InChI is InChI=1S/C12H8N2O5/c15-9(5-6-10(16)17)13-14-11(18)7-3-1-2-4-8(7)12(14)19/h1-6H,(H,13,15)(H,16,17)/p-1/b6-5+. The maximum Gasteiger partial charge on any atom is 0.280 e. The van der Waals surface area contributed by atoms with Gasteiger partial charge in [-0.3, -0.25) is 19.8 Å². The van der Waals surface area contributed by atoms with Crippen molar-refractivity contribution in [2.24, 2.45) is 0 Å². The first kappa shape index (κ1) is 12.5. The first-order chi connectivity index (χ1) is 9.00. The smallest absolute Gasteiger partial charge is 0.280 e. The molecule has 1 aromatic rings. The number of amides is 3. The van der Waals surface area contributed by atoms with E-state index in [1.807, 2.05) is 5.43 Å². The molecular formula is C12H7N2O5-. The lowest BCUT2D eigenvalue weighted by atomic mass is 10.1. The third-order valence-corrected chi connectivity index (χ3v) is 2.39. The van der Waals surface area contributed by atoms with Gasteiger partial charge in [0.25, 0.3) is 17.7 Å². The number of nitrogens with zero attached hydrogens (tertiary/aromatic N) is 1. The highest BCUT2D eigenvalue weighted by molar-refractivity contribution is 6.21. The van der Waals surface area contributed by atoms with E-state index in [1.165, 1.54) is 12.1 Å². The molecule has 19 heavy (non-hydrogen) atoms. The van der Waals surface area contributed by atoms with Crippen LogP contribution in [0.25, 0.3) is 0 Å². The van der Waals surface area contributed by atoms with Crippen LogP contribution >= 0.6 is 0 Å². The Hall–Kier alpha value is -2.96. The summed E-state index contributed by atoms with van der Waals surface area (Å²) in [6.07, 6.45) is 1.15. The van der Waals surface area contributed by atoms with Gasteiger partial charge >= 0.3 is 0 Å². The van der Waals surface area contributed by atoms with Gasteiger partial charge in [-0.25, -0.2) is 0 Å². The number of hydrogen-bond acceptors (Lipinski definition) is 5. The van der Waals surface area contributed by atoms with E-state index < -0.39 is 23.7 Å². The Morgan fingerprint density at radius 2 is 1.58 bits per heavy atom. The molecule has 0 spiro atoms. The molecule has 1 aliphatic rings. The molecule has 1 N–H and O–H groups in total. The van der Waals surface area contributed by atoms with Gasteiger partial charge in [-0.15, -0.1) is 0 Å². The van der Waals surface area contributed by atoms with Crippen molar-refractivity contribution in [3.63, 3.8) is 0 Å². The molecule has 0 saturated carbocycles. The molecule has 96 valence electrons. The number of nitrogens with one attached hydrogen (secondary N) is 1. The van der Waals surface area contributed by atoms with Crippen molar-refractivity contribution in [2.45, 2.75) is 0 Å². The van der Waals surface area contributed by atoms with Gasteiger partial charge in [-0.1, -0.05) is 12.1 Å². The Morgan fingerprint density at radius 1 is 1.05 bits per heavy atom. The minimum atomic E-state index is -1.56. The van der Waals surface area contributed by atoms with Crippen LogP contribution in [-0.2, 0) is 9.59 Å². The fourth-order valence-corrected chi connectivity index (χ4v) is 1.58. The molecule has 0 aromatic heterocycles. The van der Waals surface area contributed by atoms with Crippen LogP contribution in [0.1, 0.15) is 20.7 Å². The van der Waals surface area contributed by atoms with Crippen LogP contribution < -0.4 is 10.5 Å². The molecule has 2 rings (SSSR count). The zero-order chi connectivity index (χ0) is 14.0. The number of fused-ring (bicyclic) bond motifs is 1. The predicted octanol–water partition coefficient (Wildman–Crippen LogP) is -1.38. The second-order valence-electron chi connectivity index (χ2n) is 3.62. The van der Waals surface area contributed by atoms with Gasteiger partial charge in [0.05, 0.1) is 17.1 Å². The molecule has 0 bridgehead atoms. The molecular weight excluding hydrogens is 252 g/mol. The maximum absolute atomic E-state index is 11.8. The lowest BCUT2D eigenvalue weighted by molar-refractivity contribution is -0.297. The van der Waals surface area contributed by atoms with Gasteiger partial charge in [-0.05, 0) is 18.2 Å². The van der Waals surface area contributed by atoms with Crippen molar-refractivity contribution in [3.05, 3.63) is 47.5 Å². The summed E-state index contributed by atoms with van der Waals surface area (Å²) in [4.78, 5) is 45.1. The highest BCUT2D eigenvalue weighted by Gasteiger charge is 2.36. The van der Waals surface area contributed by atoms with Crippen LogP contribution in [0, 0.1) is 0 Å². The molecule has 7 nitrogen and oxygen atoms in total. The van der Waals surface area contributed by atoms with Crippen molar-refractivity contribution in [3.8, 4) is 0 Å². The Kier molecular flexibility index (Phi) is 3.11. The molecule has 0 atom stereocenters. The topological polar surface area (TPSA) is 107 Å². The largest absolute Gasteiger partial charge is 0.545 e. The third kappa shape index (κ3) is 2.34. The number of carbonyl (C=O) groups is 4. The lowest BCUT2D eigenvalue weighted by Crippen LogP contribution is -2.45. The normalized spacial score (nSPS) is 13.8. The maximum atomic E-state index is 11.8. The first-order valence-electron chi connectivity index (χ1n) is 5.18. The minimum Gasteiger partial charge on any atom is -0.545 e. The van der Waals surface area contributed by atoms with Gasteiger partial charge in [0, 0.05) is 6.08 Å². The van der Waals surface area contributed by atoms with E-state index in [1.54, 1.807) is 12.1 Å². The molecule has 0 saturated heterocycles. The summed E-state index contributed by atoms with van der Waals surface area (Å²) in [6.45, 7) is 0. The molecule has 0 unspecified atom stereocenters. The highest BCUT2D eigenvalue weighted by Crippen LogP contribution is 2.20. The fourth-order valence-electron chi connectivity index (χ4n) is 1.58. The van der Waals surface area contributed by atoms with Gasteiger partial charge in [0.2, 0.25) is 0 Å². The van der Waals surface area contributed by atoms with E-state index in [9.17, 15) is 24.3 Å². The van der Waals surface area contributed by atoms with E-state index in [0.717, 1.165) is 0 Å². The minimum absolute atomic E-state index is 0.177. The van der Waals surface area contributed by atoms with Crippen molar-refractivity contribution in [2.75, 3.05) is 0 Å².